The summed E-state index contributed by atoms with van der Waals surface area (Å²) in [7, 11) is 0. The average Bonchev–Trinajstić information content (AvgIpc) is 1.62. The Morgan fingerprint density at radius 2 is 1.80 bits per heavy atom. The molecule has 0 fully saturated rings. The van der Waals surface area contributed by atoms with Crippen molar-refractivity contribution in [2.75, 3.05) is 0 Å². The van der Waals surface area contributed by atoms with E-state index in [0.717, 1.165) is 0 Å². The van der Waals surface area contributed by atoms with E-state index in [4.69, 9.17) is 15.3 Å². The van der Waals surface area contributed by atoms with Crippen molar-refractivity contribution in [3.05, 3.63) is 0 Å². The molecule has 0 saturated heterocycles. The molecule has 0 aliphatic rings. The van der Waals surface area contributed by atoms with Crippen molar-refractivity contribution in [3.63, 3.8) is 0 Å². The maximum Gasteiger partial charge on any atom is 0.335 e. The summed E-state index contributed by atoms with van der Waals surface area (Å²) in [5, 5.41) is 25.5. The zero-order valence-corrected chi connectivity index (χ0v) is 9.45. The summed E-state index contributed by atoms with van der Waals surface area (Å²) in [6.07, 6.45) is -1.71. The van der Waals surface area contributed by atoms with Gasteiger partial charge in [-0.15, -0.1) is 0 Å². The molecule has 0 spiro atoms. The van der Waals surface area contributed by atoms with Crippen molar-refractivity contribution >= 4 is 57.4 Å². The largest absolute Gasteiger partial charge is 0.479 e. The van der Waals surface area contributed by atoms with E-state index >= 15 is 0 Å². The molecule has 0 bridgehead atoms. The molecule has 0 aromatic rings. The monoisotopic (exact) mass is 173 g/mol. The predicted octanol–water partition coefficient (Wildman–Crippen LogP) is -1.18. The van der Waals surface area contributed by atoms with Gasteiger partial charge in [0.05, 0.1) is 5.60 Å². The molecule has 1 radical (unpaired) electrons. The number of carboxylic acids is 1. The topological polar surface area (TPSA) is 77.8 Å². The third kappa shape index (κ3) is 4.78. The zero-order valence-electron chi connectivity index (χ0n) is 6.33. The molecule has 0 aliphatic heterocycles. The fraction of sp³-hybridized carbons (Fsp3) is 0.800. The van der Waals surface area contributed by atoms with Crippen LogP contribution in [0.1, 0.15) is 13.8 Å². The van der Waals surface area contributed by atoms with E-state index < -0.39 is 17.7 Å². The number of carbonyl (C=O) groups is 1. The second kappa shape index (κ2) is 4.81. The number of hydrogen-bond donors (Lipinski definition) is 3. The van der Waals surface area contributed by atoms with Gasteiger partial charge in [-0.1, -0.05) is 0 Å². The molecule has 0 aromatic heterocycles. The van der Waals surface area contributed by atoms with Gasteiger partial charge in [-0.2, -0.15) is 0 Å². The Bertz CT molecular complexity index is 117. The molecule has 0 rings (SSSR count). The molecule has 0 saturated carbocycles. The van der Waals surface area contributed by atoms with Gasteiger partial charge in [0.25, 0.3) is 0 Å². The van der Waals surface area contributed by atoms with Crippen LogP contribution in [0.2, 0.25) is 0 Å². The van der Waals surface area contributed by atoms with Crippen molar-refractivity contribution < 1.29 is 20.1 Å². The standard InChI is InChI=1S/C5H10O4.K/c1-5(2,9)3(6)4(7)8;/h3,6,9H,1-2H3,(H,7,8);. The first-order valence-electron chi connectivity index (χ1n) is 2.49. The van der Waals surface area contributed by atoms with E-state index in [1.807, 2.05) is 0 Å². The molecule has 5 heteroatoms. The van der Waals surface area contributed by atoms with Gasteiger partial charge >= 0.3 is 5.97 Å². The van der Waals surface area contributed by atoms with E-state index in [0.29, 0.717) is 0 Å². The Morgan fingerprint density at radius 1 is 1.50 bits per heavy atom. The number of carboxylic acid groups (broad SMARTS) is 1. The molecular weight excluding hydrogens is 163 g/mol. The van der Waals surface area contributed by atoms with E-state index in [9.17, 15) is 4.79 Å². The van der Waals surface area contributed by atoms with Crippen LogP contribution in [0, 0.1) is 0 Å². The number of rotatable bonds is 2. The third-order valence-corrected chi connectivity index (χ3v) is 0.903. The van der Waals surface area contributed by atoms with Crippen molar-refractivity contribution in [3.8, 4) is 0 Å². The molecule has 4 nitrogen and oxygen atoms in total. The predicted molar refractivity (Wildman–Crippen MR) is 35.7 cm³/mol. The first kappa shape index (κ1) is 13.6. The van der Waals surface area contributed by atoms with Crippen LogP contribution in [0.5, 0.6) is 0 Å². The summed E-state index contributed by atoms with van der Waals surface area (Å²) in [5.41, 5.74) is -1.56. The zero-order chi connectivity index (χ0) is 7.65. The number of aliphatic hydroxyl groups is 2. The van der Waals surface area contributed by atoms with Gasteiger partial charge in [-0.3, -0.25) is 0 Å². The summed E-state index contributed by atoms with van der Waals surface area (Å²) in [6.45, 7) is 2.46. The summed E-state index contributed by atoms with van der Waals surface area (Å²) in [5.74, 6) is -1.41. The van der Waals surface area contributed by atoms with Gasteiger partial charge < -0.3 is 15.3 Å². The minimum Gasteiger partial charge on any atom is -0.479 e. The van der Waals surface area contributed by atoms with Crippen molar-refractivity contribution in [2.45, 2.75) is 25.6 Å². The minimum absolute atomic E-state index is 0. The van der Waals surface area contributed by atoms with Crippen LogP contribution in [0.3, 0.4) is 0 Å². The Morgan fingerprint density at radius 3 is 1.80 bits per heavy atom. The Balaban J connectivity index is 0. The van der Waals surface area contributed by atoms with Crippen molar-refractivity contribution in [1.29, 1.82) is 0 Å². The fourth-order valence-corrected chi connectivity index (χ4v) is 0.302. The SMILES string of the molecule is CC(C)(O)C(O)C(=O)O.[K]. The number of aliphatic carboxylic acids is 1. The van der Waals surface area contributed by atoms with E-state index in [1.165, 1.54) is 13.8 Å². The number of aliphatic hydroxyl groups excluding tert-OH is 1. The third-order valence-electron chi connectivity index (χ3n) is 0.903. The van der Waals surface area contributed by atoms with E-state index in [1.54, 1.807) is 0 Å². The van der Waals surface area contributed by atoms with E-state index in [2.05, 4.69) is 0 Å². The van der Waals surface area contributed by atoms with Crippen LogP contribution >= 0.6 is 0 Å². The fourth-order valence-electron chi connectivity index (χ4n) is 0.302. The molecule has 0 amide bonds. The van der Waals surface area contributed by atoms with Crippen LogP contribution in [-0.2, 0) is 4.79 Å². The summed E-state index contributed by atoms with van der Waals surface area (Å²) in [4.78, 5) is 9.94. The molecule has 0 aliphatic carbocycles. The summed E-state index contributed by atoms with van der Waals surface area (Å²) >= 11 is 0. The van der Waals surface area contributed by atoms with E-state index in [-0.39, 0.29) is 51.4 Å². The first-order chi connectivity index (χ1) is 3.85. The Hall–Kier alpha value is 1.03. The van der Waals surface area contributed by atoms with Crippen LogP contribution < -0.4 is 0 Å². The van der Waals surface area contributed by atoms with Gasteiger partial charge in [0, 0.05) is 51.4 Å². The summed E-state index contributed by atoms with van der Waals surface area (Å²) < 4.78 is 0. The van der Waals surface area contributed by atoms with Gasteiger partial charge in [0.2, 0.25) is 0 Å². The molecule has 1 atom stereocenters. The van der Waals surface area contributed by atoms with Crippen molar-refractivity contribution in [2.24, 2.45) is 0 Å². The van der Waals surface area contributed by atoms with Gasteiger partial charge in [0.1, 0.15) is 0 Å². The van der Waals surface area contributed by atoms with Crippen LogP contribution in [0.15, 0.2) is 0 Å². The second-order valence-electron chi connectivity index (χ2n) is 2.39. The molecular formula is C5H10KO4. The normalized spacial score (nSPS) is 13.6. The summed E-state index contributed by atoms with van der Waals surface area (Å²) in [6, 6.07) is 0. The molecule has 1 unspecified atom stereocenters. The molecule has 0 aromatic carbocycles. The van der Waals surface area contributed by atoms with Gasteiger partial charge in [0.15, 0.2) is 6.10 Å². The van der Waals surface area contributed by atoms with Gasteiger partial charge in [-0.05, 0) is 13.8 Å². The van der Waals surface area contributed by atoms with Crippen LogP contribution in [0.25, 0.3) is 0 Å². The van der Waals surface area contributed by atoms with Crippen LogP contribution in [-0.4, -0.2) is 84.4 Å². The first-order valence-corrected chi connectivity index (χ1v) is 2.49. The van der Waals surface area contributed by atoms with Crippen LogP contribution in [0.4, 0.5) is 0 Å². The average molecular weight is 173 g/mol. The molecule has 0 heterocycles. The maximum absolute atomic E-state index is 9.94. The maximum atomic E-state index is 9.94. The number of hydrogen-bond acceptors (Lipinski definition) is 3. The minimum atomic E-state index is -1.71. The molecule has 55 valence electrons. The van der Waals surface area contributed by atoms with Gasteiger partial charge in [-0.25, -0.2) is 4.79 Å². The molecule has 10 heavy (non-hydrogen) atoms. The smallest absolute Gasteiger partial charge is 0.335 e. The Kier molecular flexibility index (Phi) is 6.55. The Labute approximate surface area is 102 Å². The van der Waals surface area contributed by atoms with Crippen molar-refractivity contribution in [1.82, 2.24) is 0 Å². The molecule has 3 N–H and O–H groups in total. The quantitative estimate of drug-likeness (QED) is 0.459. The second-order valence-corrected chi connectivity index (χ2v) is 2.39.